The summed E-state index contributed by atoms with van der Waals surface area (Å²) in [5.41, 5.74) is 23.9. The smallest absolute Gasteiger partial charge is 0.0320 e. The van der Waals surface area contributed by atoms with Crippen LogP contribution in [0.1, 0.15) is 5.56 Å². The lowest BCUT2D eigenvalue weighted by Crippen LogP contribution is -1.91. The van der Waals surface area contributed by atoms with Gasteiger partial charge in [-0.2, -0.15) is 0 Å². The van der Waals surface area contributed by atoms with E-state index in [2.05, 4.69) is 85.4 Å². The maximum Gasteiger partial charge on any atom is 0.0320 e. The maximum absolute atomic E-state index is 6.14. The van der Waals surface area contributed by atoms with Gasteiger partial charge in [0, 0.05) is 11.4 Å². The first-order valence-corrected chi connectivity index (χ1v) is 11.3. The van der Waals surface area contributed by atoms with Crippen molar-refractivity contribution in [1.29, 1.82) is 0 Å². The van der Waals surface area contributed by atoms with Gasteiger partial charge in [-0.15, -0.1) is 0 Å². The fourth-order valence-electron chi connectivity index (χ4n) is 4.22. The van der Waals surface area contributed by atoms with Gasteiger partial charge in [0.25, 0.3) is 0 Å². The highest BCUT2D eigenvalue weighted by molar-refractivity contribution is 5.86. The maximum atomic E-state index is 6.14. The second kappa shape index (κ2) is 9.13. The van der Waals surface area contributed by atoms with E-state index in [4.69, 9.17) is 11.5 Å². The third-order valence-corrected chi connectivity index (χ3v) is 6.16. The van der Waals surface area contributed by atoms with E-state index < -0.39 is 0 Å². The van der Waals surface area contributed by atoms with E-state index in [0.29, 0.717) is 0 Å². The number of nitrogens with two attached hydrogens (primary N) is 2. The van der Waals surface area contributed by atoms with Crippen molar-refractivity contribution in [3.05, 3.63) is 127 Å². The zero-order chi connectivity index (χ0) is 23.5. The highest BCUT2D eigenvalue weighted by Gasteiger charge is 2.09. The summed E-state index contributed by atoms with van der Waals surface area (Å²) in [4.78, 5) is 0. The molecule has 2 heteroatoms. The Morgan fingerprint density at radius 2 is 0.794 bits per heavy atom. The van der Waals surface area contributed by atoms with E-state index in [-0.39, 0.29) is 0 Å². The molecule has 0 heterocycles. The zero-order valence-electron chi connectivity index (χ0n) is 18.9. The minimum atomic E-state index is 0.745. The van der Waals surface area contributed by atoms with Crippen LogP contribution in [0.5, 0.6) is 0 Å². The lowest BCUT2D eigenvalue weighted by atomic mass is 9.92. The molecule has 0 spiro atoms. The normalized spacial score (nSPS) is 10.7. The molecule has 0 aliphatic carbocycles. The number of nitrogen functional groups attached to an aromatic ring is 2. The van der Waals surface area contributed by atoms with E-state index in [1.807, 2.05) is 42.5 Å². The van der Waals surface area contributed by atoms with E-state index in [1.54, 1.807) is 0 Å². The van der Waals surface area contributed by atoms with Gasteiger partial charge in [-0.1, -0.05) is 104 Å². The van der Waals surface area contributed by atoms with E-state index in [1.165, 1.54) is 22.3 Å². The van der Waals surface area contributed by atoms with Crippen LogP contribution in [0.4, 0.5) is 11.4 Å². The standard InChI is InChI=1S/C32H26N2/c1-2-22-3-5-23(6-4-22)24-7-9-25(10-8-24)26-11-13-28(14-12-26)32-21-30(34)19-20-31(32)27-15-17-29(33)18-16-27/h2-21H,1,33-34H2. The average molecular weight is 439 g/mol. The molecule has 0 radical (unpaired) electrons. The lowest BCUT2D eigenvalue weighted by molar-refractivity contribution is 1.56. The summed E-state index contributed by atoms with van der Waals surface area (Å²) in [6.45, 7) is 3.82. The molecular weight excluding hydrogens is 412 g/mol. The van der Waals surface area contributed by atoms with Gasteiger partial charge in [0.1, 0.15) is 0 Å². The molecule has 0 aliphatic heterocycles. The fraction of sp³-hybridized carbons (Fsp3) is 0. The van der Waals surface area contributed by atoms with Gasteiger partial charge in [0.15, 0.2) is 0 Å². The Labute approximate surface area is 200 Å². The first-order chi connectivity index (χ1) is 16.6. The van der Waals surface area contributed by atoms with Crippen LogP contribution in [0.25, 0.3) is 50.6 Å². The first-order valence-electron chi connectivity index (χ1n) is 11.3. The van der Waals surface area contributed by atoms with E-state index >= 15 is 0 Å². The van der Waals surface area contributed by atoms with Crippen LogP contribution in [0.2, 0.25) is 0 Å². The number of benzene rings is 5. The Morgan fingerprint density at radius 3 is 1.29 bits per heavy atom. The summed E-state index contributed by atoms with van der Waals surface area (Å²) in [6.07, 6.45) is 1.86. The summed E-state index contributed by atoms with van der Waals surface area (Å²) < 4.78 is 0. The largest absolute Gasteiger partial charge is 0.399 e. The lowest BCUT2D eigenvalue weighted by Gasteiger charge is -2.13. The second-order valence-corrected chi connectivity index (χ2v) is 8.41. The minimum absolute atomic E-state index is 0.745. The molecule has 0 aromatic heterocycles. The molecule has 0 atom stereocenters. The number of anilines is 2. The van der Waals surface area contributed by atoms with Crippen molar-refractivity contribution >= 4 is 17.5 Å². The monoisotopic (exact) mass is 438 g/mol. The van der Waals surface area contributed by atoms with E-state index in [9.17, 15) is 0 Å². The third-order valence-electron chi connectivity index (χ3n) is 6.16. The molecule has 164 valence electrons. The van der Waals surface area contributed by atoms with Gasteiger partial charge >= 0.3 is 0 Å². The Bertz CT molecular complexity index is 1430. The van der Waals surface area contributed by atoms with Crippen molar-refractivity contribution < 1.29 is 0 Å². The van der Waals surface area contributed by atoms with Crippen LogP contribution in [-0.2, 0) is 0 Å². The van der Waals surface area contributed by atoms with Gasteiger partial charge in [-0.3, -0.25) is 0 Å². The molecule has 4 N–H and O–H groups in total. The van der Waals surface area contributed by atoms with Crippen molar-refractivity contribution in [2.45, 2.75) is 0 Å². The van der Waals surface area contributed by atoms with Gasteiger partial charge in [0.2, 0.25) is 0 Å². The summed E-state index contributed by atoms with van der Waals surface area (Å²) in [5.74, 6) is 0. The molecule has 0 fully saturated rings. The van der Waals surface area contributed by atoms with Gasteiger partial charge in [-0.25, -0.2) is 0 Å². The first kappa shape index (κ1) is 21.3. The Kier molecular flexibility index (Phi) is 5.72. The Morgan fingerprint density at radius 1 is 0.412 bits per heavy atom. The molecule has 34 heavy (non-hydrogen) atoms. The van der Waals surface area contributed by atoms with Gasteiger partial charge in [-0.05, 0) is 74.3 Å². The zero-order valence-corrected chi connectivity index (χ0v) is 18.9. The highest BCUT2D eigenvalue weighted by atomic mass is 14.5. The minimum Gasteiger partial charge on any atom is -0.399 e. The average Bonchev–Trinajstić information content (AvgIpc) is 2.89. The van der Waals surface area contributed by atoms with Crippen molar-refractivity contribution in [2.24, 2.45) is 0 Å². The number of hydrogen-bond acceptors (Lipinski definition) is 2. The number of rotatable bonds is 5. The Hall–Kier alpha value is -4.56. The topological polar surface area (TPSA) is 52.0 Å². The van der Waals surface area contributed by atoms with Crippen LogP contribution in [0.15, 0.2) is 122 Å². The predicted molar refractivity (Wildman–Crippen MR) is 147 cm³/mol. The summed E-state index contributed by atoms with van der Waals surface area (Å²) in [7, 11) is 0. The molecular formula is C32H26N2. The van der Waals surface area contributed by atoms with Crippen LogP contribution in [0, 0.1) is 0 Å². The van der Waals surface area contributed by atoms with Gasteiger partial charge in [0.05, 0.1) is 0 Å². The van der Waals surface area contributed by atoms with E-state index in [0.717, 1.165) is 39.2 Å². The molecule has 2 nitrogen and oxygen atoms in total. The molecule has 0 saturated carbocycles. The quantitative estimate of drug-likeness (QED) is 0.272. The van der Waals surface area contributed by atoms with Crippen molar-refractivity contribution in [3.8, 4) is 44.5 Å². The van der Waals surface area contributed by atoms with Crippen LogP contribution >= 0.6 is 0 Å². The van der Waals surface area contributed by atoms with Crippen LogP contribution in [0.3, 0.4) is 0 Å². The summed E-state index contributed by atoms with van der Waals surface area (Å²) in [5, 5.41) is 0. The number of hydrogen-bond donors (Lipinski definition) is 2. The third kappa shape index (κ3) is 4.35. The molecule has 5 rings (SSSR count). The van der Waals surface area contributed by atoms with Crippen molar-refractivity contribution in [2.75, 3.05) is 11.5 Å². The Balaban J connectivity index is 1.43. The fourth-order valence-corrected chi connectivity index (χ4v) is 4.22. The molecule has 0 saturated heterocycles. The molecule has 0 aliphatic rings. The SMILES string of the molecule is C=Cc1ccc(-c2ccc(-c3ccc(-c4cc(N)ccc4-c4ccc(N)cc4)cc3)cc2)cc1. The molecule has 5 aromatic rings. The van der Waals surface area contributed by atoms with Crippen molar-refractivity contribution in [1.82, 2.24) is 0 Å². The summed E-state index contributed by atoms with van der Waals surface area (Å²) >= 11 is 0. The highest BCUT2D eigenvalue weighted by Crippen LogP contribution is 2.35. The van der Waals surface area contributed by atoms with Crippen LogP contribution in [-0.4, -0.2) is 0 Å². The molecule has 5 aromatic carbocycles. The predicted octanol–water partition coefficient (Wildman–Crippen LogP) is 8.16. The van der Waals surface area contributed by atoms with Gasteiger partial charge < -0.3 is 11.5 Å². The summed E-state index contributed by atoms with van der Waals surface area (Å²) in [6, 6.07) is 39.8. The van der Waals surface area contributed by atoms with Crippen molar-refractivity contribution in [3.63, 3.8) is 0 Å². The molecule has 0 bridgehead atoms. The molecule has 0 amide bonds. The van der Waals surface area contributed by atoms with Crippen LogP contribution < -0.4 is 11.5 Å². The second-order valence-electron chi connectivity index (χ2n) is 8.41. The molecule has 0 unspecified atom stereocenters.